The number of hydrogen-bond donors (Lipinski definition) is 1. The van der Waals surface area contributed by atoms with E-state index < -0.39 is 5.41 Å². The number of rotatable bonds is 3. The van der Waals surface area contributed by atoms with Crippen LogP contribution in [0.2, 0.25) is 0 Å². The van der Waals surface area contributed by atoms with Crippen molar-refractivity contribution in [3.05, 3.63) is 197 Å². The minimum atomic E-state index is -0.529. The van der Waals surface area contributed by atoms with Crippen molar-refractivity contribution in [2.45, 2.75) is 63.7 Å². The van der Waals surface area contributed by atoms with Crippen LogP contribution in [0.15, 0.2) is 158 Å². The van der Waals surface area contributed by atoms with Crippen LogP contribution >= 0.6 is 11.3 Å². The number of nitrogens with one attached hydrogen (secondary N) is 1. The monoisotopic (exact) mass is 814 g/mol. The van der Waals surface area contributed by atoms with Gasteiger partial charge >= 0.3 is 0 Å². The first-order chi connectivity index (χ1) is 30.1. The van der Waals surface area contributed by atoms with Crippen molar-refractivity contribution in [3.63, 3.8) is 0 Å². The summed E-state index contributed by atoms with van der Waals surface area (Å²) in [6, 6.07) is 59.8. The van der Waals surface area contributed by atoms with Gasteiger partial charge in [0.25, 0.3) is 0 Å². The summed E-state index contributed by atoms with van der Waals surface area (Å²) in [6.45, 7) is 12.2. The lowest BCUT2D eigenvalue weighted by molar-refractivity contribution is 0.332. The standard InChI is InChI=1S/C58H47BN2S/c1-34-31-40(39-23-16-25-43-52(39)60-46-26-15-14-24-42(46)58(43,36-18-8-6-9-19-36)37-20-10-7-11-21-37)51-54-49(34)50-38-22-13-12-17-35(38)27-28-47(50)61(54)53-41-32-44-45(33-48(41)62-55(53)59-51)57(4,5)30-29-56(44,2)3/h6-28,31-33,59-60H,29-30H2,1-5H3. The Kier molecular flexibility index (Phi) is 7.39. The molecule has 3 aliphatic rings. The van der Waals surface area contributed by atoms with E-state index in [0.717, 1.165) is 13.0 Å². The van der Waals surface area contributed by atoms with Crippen LogP contribution in [0.3, 0.4) is 0 Å². The first kappa shape index (κ1) is 36.3. The first-order valence-corrected chi connectivity index (χ1v) is 23.2. The van der Waals surface area contributed by atoms with E-state index in [-0.39, 0.29) is 10.8 Å². The highest BCUT2D eigenvalue weighted by molar-refractivity contribution is 7.29. The number of nitrogens with zero attached hydrogens (tertiary/aromatic N) is 1. The summed E-state index contributed by atoms with van der Waals surface area (Å²) < 4.78 is 5.56. The molecule has 0 amide bonds. The summed E-state index contributed by atoms with van der Waals surface area (Å²) in [5.41, 5.74) is 19.5. The van der Waals surface area contributed by atoms with E-state index in [9.17, 15) is 0 Å². The fourth-order valence-corrected chi connectivity index (χ4v) is 13.4. The van der Waals surface area contributed by atoms with Gasteiger partial charge in [-0.3, -0.25) is 0 Å². The molecule has 4 heteroatoms. The highest BCUT2D eigenvalue weighted by atomic mass is 32.1. The van der Waals surface area contributed by atoms with Gasteiger partial charge in [-0.2, -0.15) is 0 Å². The molecule has 298 valence electrons. The molecular formula is C58H47BN2S. The predicted octanol–water partition coefficient (Wildman–Crippen LogP) is 13.6. The maximum absolute atomic E-state index is 4.09. The first-order valence-electron chi connectivity index (χ1n) is 22.4. The summed E-state index contributed by atoms with van der Waals surface area (Å²) in [4.78, 5) is 0. The average Bonchev–Trinajstić information content (AvgIpc) is 3.84. The predicted molar refractivity (Wildman–Crippen MR) is 267 cm³/mol. The molecule has 0 saturated heterocycles. The smallest absolute Gasteiger partial charge is 0.211 e. The molecule has 2 aromatic heterocycles. The van der Waals surface area contributed by atoms with Gasteiger partial charge in [-0.05, 0) is 120 Å². The molecule has 1 N–H and O–H groups in total. The van der Waals surface area contributed by atoms with Crippen molar-refractivity contribution in [1.82, 2.24) is 4.57 Å². The Morgan fingerprint density at radius 3 is 2.00 bits per heavy atom. The second kappa shape index (κ2) is 12.6. The number of aromatic nitrogens is 1. The van der Waals surface area contributed by atoms with Crippen LogP contribution in [0.4, 0.5) is 11.4 Å². The molecule has 62 heavy (non-hydrogen) atoms. The van der Waals surface area contributed by atoms with Crippen LogP contribution in [-0.2, 0) is 16.2 Å². The largest absolute Gasteiger partial charge is 0.354 e. The van der Waals surface area contributed by atoms with Crippen LogP contribution < -0.4 is 15.6 Å². The molecule has 0 spiro atoms. The zero-order valence-electron chi connectivity index (χ0n) is 36.0. The molecule has 0 radical (unpaired) electrons. The fraction of sp³-hybridized carbons (Fsp3) is 0.172. The van der Waals surface area contributed by atoms with Crippen LogP contribution in [0, 0.1) is 6.92 Å². The van der Waals surface area contributed by atoms with Crippen LogP contribution in [0.1, 0.15) is 79.5 Å². The van der Waals surface area contributed by atoms with Crippen molar-refractivity contribution in [2.24, 2.45) is 0 Å². The van der Waals surface area contributed by atoms with Crippen molar-refractivity contribution in [1.29, 1.82) is 0 Å². The number of benzene rings is 8. The van der Waals surface area contributed by atoms with Gasteiger partial charge in [0.15, 0.2) is 0 Å². The van der Waals surface area contributed by atoms with Gasteiger partial charge in [0.05, 0.1) is 22.3 Å². The summed E-state index contributed by atoms with van der Waals surface area (Å²) in [7, 11) is 0.884. The third-order valence-corrected chi connectivity index (χ3v) is 16.4. The van der Waals surface area contributed by atoms with Crippen LogP contribution in [0.25, 0.3) is 59.5 Å². The highest BCUT2D eigenvalue weighted by Gasteiger charge is 2.45. The van der Waals surface area contributed by atoms with Gasteiger partial charge in [-0.1, -0.05) is 161 Å². The lowest BCUT2D eigenvalue weighted by Gasteiger charge is -2.43. The number of para-hydroxylation sites is 2. The molecule has 0 bridgehead atoms. The van der Waals surface area contributed by atoms with E-state index in [4.69, 9.17) is 0 Å². The molecule has 2 aliphatic heterocycles. The highest BCUT2D eigenvalue weighted by Crippen LogP contribution is 2.56. The molecule has 0 atom stereocenters. The van der Waals surface area contributed by atoms with Gasteiger partial charge in [-0.15, -0.1) is 11.3 Å². The summed E-state index contributed by atoms with van der Waals surface area (Å²) >= 11 is 2.02. The van der Waals surface area contributed by atoms with E-state index in [0.29, 0.717) is 0 Å². The Morgan fingerprint density at radius 1 is 0.581 bits per heavy atom. The lowest BCUT2D eigenvalue weighted by atomic mass is 9.60. The Morgan fingerprint density at radius 2 is 1.24 bits per heavy atom. The van der Waals surface area contributed by atoms with E-state index in [2.05, 4.69) is 202 Å². The molecule has 0 fully saturated rings. The molecular weight excluding hydrogens is 768 g/mol. The topological polar surface area (TPSA) is 17.0 Å². The van der Waals surface area contributed by atoms with E-state index in [1.807, 2.05) is 11.3 Å². The van der Waals surface area contributed by atoms with Gasteiger partial charge < -0.3 is 9.88 Å². The Balaban J connectivity index is 1.15. The number of fused-ring (bicyclic) bond motifs is 12. The molecule has 1 aliphatic carbocycles. The quantitative estimate of drug-likeness (QED) is 0.176. The third kappa shape index (κ3) is 4.71. The molecule has 2 nitrogen and oxygen atoms in total. The maximum Gasteiger partial charge on any atom is 0.211 e. The third-order valence-electron chi connectivity index (χ3n) is 15.3. The Bertz CT molecular complexity index is 3490. The second-order valence-electron chi connectivity index (χ2n) is 19.6. The summed E-state index contributed by atoms with van der Waals surface area (Å²) in [6.07, 6.45) is 2.41. The van der Waals surface area contributed by atoms with Gasteiger partial charge in [-0.25, -0.2) is 0 Å². The van der Waals surface area contributed by atoms with Crippen LogP contribution in [0.5, 0.6) is 0 Å². The van der Waals surface area contributed by atoms with Gasteiger partial charge in [0, 0.05) is 37.6 Å². The molecule has 0 unspecified atom stereocenters. The van der Waals surface area contributed by atoms with Crippen molar-refractivity contribution in [3.8, 4) is 16.8 Å². The van der Waals surface area contributed by atoms with Gasteiger partial charge in [0.1, 0.15) is 0 Å². The molecule has 10 aromatic rings. The van der Waals surface area contributed by atoms with Crippen molar-refractivity contribution >= 4 is 82.9 Å². The number of hydrogen-bond acceptors (Lipinski definition) is 2. The maximum atomic E-state index is 4.09. The fourth-order valence-electron chi connectivity index (χ4n) is 12.2. The van der Waals surface area contributed by atoms with Crippen molar-refractivity contribution < 1.29 is 0 Å². The SMILES string of the molecule is Cc1cc(-c2cccc3c2Nc2ccccc2C3(c2ccccc2)c2ccccc2)c2c3c1c1c4ccccc4ccc1n3-c1c(sc3cc4c(cc13)C(C)(C)CCC4(C)C)B2. The second-order valence-corrected chi connectivity index (χ2v) is 20.7. The Labute approximate surface area is 368 Å². The number of aryl methyl sites for hydroxylation is 1. The lowest BCUT2D eigenvalue weighted by Crippen LogP contribution is -2.37. The van der Waals surface area contributed by atoms with E-state index in [1.165, 1.54) is 127 Å². The summed E-state index contributed by atoms with van der Waals surface area (Å²) in [5, 5.41) is 10.8. The summed E-state index contributed by atoms with van der Waals surface area (Å²) in [5.74, 6) is 0. The molecule has 13 rings (SSSR count). The zero-order valence-corrected chi connectivity index (χ0v) is 36.8. The van der Waals surface area contributed by atoms with E-state index >= 15 is 0 Å². The minimum absolute atomic E-state index is 0.126. The van der Waals surface area contributed by atoms with Crippen molar-refractivity contribution in [2.75, 3.05) is 5.32 Å². The average molecular weight is 815 g/mol. The molecule has 8 aromatic carbocycles. The number of thiophene rings is 1. The molecule has 4 heterocycles. The molecule has 0 saturated carbocycles. The van der Waals surface area contributed by atoms with Crippen LogP contribution in [-0.4, -0.2) is 11.8 Å². The zero-order chi connectivity index (χ0) is 41.7. The minimum Gasteiger partial charge on any atom is -0.354 e. The van der Waals surface area contributed by atoms with Gasteiger partial charge in [0.2, 0.25) is 7.28 Å². The van der Waals surface area contributed by atoms with E-state index in [1.54, 1.807) is 0 Å². The number of anilines is 2. The Hall–Kier alpha value is -6.36. The normalized spacial score (nSPS) is 16.3.